The molecule has 2 aromatic carbocycles. The van der Waals surface area contributed by atoms with Crippen molar-refractivity contribution in [2.24, 2.45) is 5.92 Å². The van der Waals surface area contributed by atoms with Crippen LogP contribution in [0.1, 0.15) is 36.4 Å². The Morgan fingerprint density at radius 3 is 2.62 bits per heavy atom. The fourth-order valence-electron chi connectivity index (χ4n) is 3.97. The minimum atomic E-state index is 0.321. The Bertz CT molecular complexity index is 751. The molecule has 0 saturated heterocycles. The maximum Gasteiger partial charge on any atom is 0.119 e. The average molecular weight is 321 g/mol. The van der Waals surface area contributed by atoms with Crippen molar-refractivity contribution in [3.05, 3.63) is 65.7 Å². The molecule has 3 heteroatoms. The number of ether oxygens (including phenoxy) is 2. The summed E-state index contributed by atoms with van der Waals surface area (Å²) in [7, 11) is 1.71. The minimum absolute atomic E-state index is 0.321. The molecular weight excluding hydrogens is 298 g/mol. The van der Waals surface area contributed by atoms with Crippen molar-refractivity contribution in [3.63, 3.8) is 0 Å². The molecule has 1 heterocycles. The topological polar surface area (TPSA) is 30.5 Å². The van der Waals surface area contributed by atoms with Gasteiger partial charge in [0.05, 0.1) is 19.8 Å². The highest BCUT2D eigenvalue weighted by atomic mass is 16.5. The summed E-state index contributed by atoms with van der Waals surface area (Å²) >= 11 is 0. The fourth-order valence-corrected chi connectivity index (χ4v) is 3.97. The van der Waals surface area contributed by atoms with Crippen LogP contribution >= 0.6 is 0 Å². The molecule has 1 aliphatic heterocycles. The zero-order valence-corrected chi connectivity index (χ0v) is 14.2. The third-order valence-corrected chi connectivity index (χ3v) is 5.12. The minimum Gasteiger partial charge on any atom is -0.497 e. The third kappa shape index (κ3) is 2.54. The van der Waals surface area contributed by atoms with Gasteiger partial charge in [0.2, 0.25) is 0 Å². The van der Waals surface area contributed by atoms with E-state index < -0.39 is 0 Å². The van der Waals surface area contributed by atoms with E-state index in [0.29, 0.717) is 24.5 Å². The van der Waals surface area contributed by atoms with Crippen molar-refractivity contribution in [1.29, 1.82) is 0 Å². The number of anilines is 1. The first-order chi connectivity index (χ1) is 11.8. The summed E-state index contributed by atoms with van der Waals surface area (Å²) in [5.74, 6) is 2.86. The lowest BCUT2D eigenvalue weighted by molar-refractivity contribution is 0.338. The van der Waals surface area contributed by atoms with E-state index in [1.165, 1.54) is 16.8 Å². The average Bonchev–Trinajstić information content (AvgIpc) is 3.12. The summed E-state index contributed by atoms with van der Waals surface area (Å²) < 4.78 is 11.0. The Balaban J connectivity index is 1.69. The van der Waals surface area contributed by atoms with Crippen LogP contribution < -0.4 is 14.8 Å². The number of nitrogens with one attached hydrogen (secondary N) is 1. The first-order valence-electron chi connectivity index (χ1n) is 8.64. The Morgan fingerprint density at radius 1 is 1.08 bits per heavy atom. The van der Waals surface area contributed by atoms with Gasteiger partial charge in [-0.1, -0.05) is 24.3 Å². The van der Waals surface area contributed by atoms with Crippen molar-refractivity contribution in [2.45, 2.75) is 25.3 Å². The van der Waals surface area contributed by atoms with Gasteiger partial charge >= 0.3 is 0 Å². The van der Waals surface area contributed by atoms with Crippen LogP contribution in [0, 0.1) is 5.92 Å². The smallest absolute Gasteiger partial charge is 0.119 e. The van der Waals surface area contributed by atoms with E-state index >= 15 is 0 Å². The van der Waals surface area contributed by atoms with Gasteiger partial charge in [-0.3, -0.25) is 0 Å². The molecule has 0 fully saturated rings. The van der Waals surface area contributed by atoms with Crippen molar-refractivity contribution >= 4 is 5.69 Å². The molecule has 4 rings (SSSR count). The zero-order chi connectivity index (χ0) is 16.5. The zero-order valence-electron chi connectivity index (χ0n) is 14.2. The summed E-state index contributed by atoms with van der Waals surface area (Å²) in [4.78, 5) is 0. The van der Waals surface area contributed by atoms with E-state index in [4.69, 9.17) is 9.47 Å². The summed E-state index contributed by atoms with van der Waals surface area (Å²) in [5.41, 5.74) is 3.88. The second-order valence-electron chi connectivity index (χ2n) is 6.43. The van der Waals surface area contributed by atoms with Crippen LogP contribution in [0.3, 0.4) is 0 Å². The molecule has 2 aromatic rings. The summed E-state index contributed by atoms with van der Waals surface area (Å²) in [6.07, 6.45) is 5.78. The standard InChI is InChI=1S/C21H23NO2/c1-3-24-16-11-12-20-19(13-16)17-5-4-6-18(17)21(22-20)14-7-9-15(23-2)10-8-14/h4-5,7-13,17-18,21-22H,3,6H2,1-2H3. The second kappa shape index (κ2) is 6.23. The molecule has 0 aromatic heterocycles. The fraction of sp³-hybridized carbons (Fsp3) is 0.333. The van der Waals surface area contributed by atoms with E-state index in [-0.39, 0.29) is 0 Å². The highest BCUT2D eigenvalue weighted by Crippen LogP contribution is 2.50. The maximum atomic E-state index is 5.69. The molecule has 3 nitrogen and oxygen atoms in total. The largest absolute Gasteiger partial charge is 0.497 e. The Morgan fingerprint density at radius 2 is 1.88 bits per heavy atom. The molecule has 0 saturated carbocycles. The Kier molecular flexibility index (Phi) is 3.93. The highest BCUT2D eigenvalue weighted by Gasteiger charge is 2.37. The van der Waals surface area contributed by atoms with Gasteiger partial charge in [0.1, 0.15) is 11.5 Å². The highest BCUT2D eigenvalue weighted by molar-refractivity contribution is 5.61. The number of hydrogen-bond donors (Lipinski definition) is 1. The van der Waals surface area contributed by atoms with Gasteiger partial charge in [-0.15, -0.1) is 0 Å². The van der Waals surface area contributed by atoms with Crippen LogP contribution in [0.2, 0.25) is 0 Å². The molecular formula is C21H23NO2. The molecule has 3 unspecified atom stereocenters. The molecule has 2 aliphatic rings. The first-order valence-corrected chi connectivity index (χ1v) is 8.64. The van der Waals surface area contributed by atoms with Crippen molar-refractivity contribution in [1.82, 2.24) is 0 Å². The van der Waals surface area contributed by atoms with Crippen LogP contribution in [-0.4, -0.2) is 13.7 Å². The molecule has 1 aliphatic carbocycles. The second-order valence-corrected chi connectivity index (χ2v) is 6.43. The summed E-state index contributed by atoms with van der Waals surface area (Å²) in [6, 6.07) is 15.2. The van der Waals surface area contributed by atoms with Crippen LogP contribution in [0.25, 0.3) is 0 Å². The molecule has 1 N–H and O–H groups in total. The SMILES string of the molecule is CCOc1ccc2c(c1)C1C=CCC1C(c1ccc(OC)cc1)N2. The van der Waals surface area contributed by atoms with E-state index in [9.17, 15) is 0 Å². The number of benzene rings is 2. The number of fused-ring (bicyclic) bond motifs is 3. The molecule has 3 atom stereocenters. The van der Waals surface area contributed by atoms with Crippen molar-refractivity contribution < 1.29 is 9.47 Å². The predicted molar refractivity (Wildman–Crippen MR) is 97.0 cm³/mol. The quantitative estimate of drug-likeness (QED) is 0.811. The van der Waals surface area contributed by atoms with Crippen molar-refractivity contribution in [3.8, 4) is 11.5 Å². The maximum absolute atomic E-state index is 5.69. The van der Waals surface area contributed by atoms with Crippen LogP contribution in [0.4, 0.5) is 5.69 Å². The van der Waals surface area contributed by atoms with Gasteiger partial charge in [0.25, 0.3) is 0 Å². The molecule has 0 bridgehead atoms. The molecule has 0 spiro atoms. The summed E-state index contributed by atoms with van der Waals surface area (Å²) in [5, 5.41) is 3.76. The molecule has 0 radical (unpaired) electrons. The van der Waals surface area contributed by atoms with E-state index in [2.05, 4.69) is 47.8 Å². The molecule has 124 valence electrons. The Labute approximate surface area is 143 Å². The van der Waals surface area contributed by atoms with Crippen LogP contribution in [0.15, 0.2) is 54.6 Å². The van der Waals surface area contributed by atoms with E-state index in [1.54, 1.807) is 7.11 Å². The van der Waals surface area contributed by atoms with Gasteiger partial charge < -0.3 is 14.8 Å². The van der Waals surface area contributed by atoms with Gasteiger partial charge in [0.15, 0.2) is 0 Å². The van der Waals surface area contributed by atoms with Gasteiger partial charge in [-0.2, -0.15) is 0 Å². The van der Waals surface area contributed by atoms with Crippen LogP contribution in [-0.2, 0) is 0 Å². The first kappa shape index (κ1) is 15.1. The molecule has 0 amide bonds. The van der Waals surface area contributed by atoms with Gasteiger partial charge in [-0.25, -0.2) is 0 Å². The number of allylic oxidation sites excluding steroid dienone is 2. The van der Waals surface area contributed by atoms with Gasteiger partial charge in [0, 0.05) is 11.6 Å². The number of rotatable bonds is 4. The third-order valence-electron chi connectivity index (χ3n) is 5.12. The normalized spacial score (nSPS) is 24.0. The van der Waals surface area contributed by atoms with Crippen molar-refractivity contribution in [2.75, 3.05) is 19.0 Å². The van der Waals surface area contributed by atoms with E-state index in [1.807, 2.05) is 19.1 Å². The predicted octanol–water partition coefficient (Wildman–Crippen LogP) is 4.92. The van der Waals surface area contributed by atoms with Crippen LogP contribution in [0.5, 0.6) is 11.5 Å². The summed E-state index contributed by atoms with van der Waals surface area (Å²) in [6.45, 7) is 2.72. The molecule has 24 heavy (non-hydrogen) atoms. The lowest BCUT2D eigenvalue weighted by atomic mass is 9.77. The van der Waals surface area contributed by atoms with E-state index in [0.717, 1.165) is 17.9 Å². The monoisotopic (exact) mass is 321 g/mol. The lowest BCUT2D eigenvalue weighted by Crippen LogP contribution is -2.29. The lowest BCUT2D eigenvalue weighted by Gasteiger charge is -2.37. The number of hydrogen-bond acceptors (Lipinski definition) is 3. The Hall–Kier alpha value is -2.42. The number of methoxy groups -OCH3 is 1. The van der Waals surface area contributed by atoms with Gasteiger partial charge in [-0.05, 0) is 60.7 Å².